The molecule has 0 saturated carbocycles. The molecule has 0 aromatic carbocycles. The summed E-state index contributed by atoms with van der Waals surface area (Å²) in [4.78, 5) is 14.5. The molecule has 0 aliphatic carbocycles. The molecule has 0 amide bonds. The van der Waals surface area contributed by atoms with Gasteiger partial charge in [-0.25, -0.2) is 15.0 Å². The number of H-pyrrole nitrogens is 1. The maximum absolute atomic E-state index is 7.10. The summed E-state index contributed by atoms with van der Waals surface area (Å²) < 4.78 is 21.3. The van der Waals surface area contributed by atoms with Gasteiger partial charge in [-0.2, -0.15) is 0 Å². The maximum atomic E-state index is 7.10. The summed E-state index contributed by atoms with van der Waals surface area (Å²) >= 11 is 0.712. The van der Waals surface area contributed by atoms with Crippen LogP contribution in [0.5, 0.6) is 0 Å². The fourth-order valence-electron chi connectivity index (χ4n) is 0.820. The number of fused-ring (bicyclic) bond motifs is 1. The standard InChI is InChI=1S/C6H6N4S/c1-11-6-4-5(8-2-7-4)9-3-10-6/h2-3H,1H3,(H,7,8,9,10)/i1+1D3. The normalized spacial score (nSPS) is 15.8. The van der Waals surface area contributed by atoms with Crippen molar-refractivity contribution >= 4 is 22.9 Å². The van der Waals surface area contributed by atoms with Crippen LogP contribution in [0.3, 0.4) is 0 Å². The Hall–Kier alpha value is -1.10. The van der Waals surface area contributed by atoms with Crippen LogP contribution in [0.2, 0.25) is 0 Å². The molecule has 0 saturated heterocycles. The van der Waals surface area contributed by atoms with Gasteiger partial charge in [-0.1, -0.05) is 0 Å². The van der Waals surface area contributed by atoms with E-state index in [1.807, 2.05) is 0 Å². The van der Waals surface area contributed by atoms with Crippen LogP contribution in [-0.2, 0) is 0 Å². The van der Waals surface area contributed by atoms with Gasteiger partial charge >= 0.3 is 0 Å². The van der Waals surface area contributed by atoms with Gasteiger partial charge in [-0.3, -0.25) is 0 Å². The third-order valence-corrected chi connectivity index (χ3v) is 1.79. The minimum Gasteiger partial charge on any atom is -0.341 e. The van der Waals surface area contributed by atoms with Crippen molar-refractivity contribution in [3.63, 3.8) is 0 Å². The second-order valence-electron chi connectivity index (χ2n) is 1.88. The van der Waals surface area contributed by atoms with Crippen molar-refractivity contribution in [3.05, 3.63) is 12.7 Å². The van der Waals surface area contributed by atoms with Crippen molar-refractivity contribution in [3.8, 4) is 0 Å². The Morgan fingerprint density at radius 2 is 2.55 bits per heavy atom. The van der Waals surface area contributed by atoms with Gasteiger partial charge in [0.05, 0.1) is 6.33 Å². The molecule has 0 bridgehead atoms. The number of imidazole rings is 1. The molecule has 1 N–H and O–H groups in total. The minimum absolute atomic E-state index is 0.396. The van der Waals surface area contributed by atoms with Gasteiger partial charge in [-0.05, 0) is 6.18 Å². The molecule has 0 aliphatic rings. The Morgan fingerprint density at radius 3 is 3.45 bits per heavy atom. The molecule has 11 heavy (non-hydrogen) atoms. The quantitative estimate of drug-likeness (QED) is 0.395. The lowest BCUT2D eigenvalue weighted by Crippen LogP contribution is -1.83. The average molecular weight is 170 g/mol. The molecule has 0 atom stereocenters. The van der Waals surface area contributed by atoms with Crippen LogP contribution in [0.15, 0.2) is 17.7 Å². The lowest BCUT2D eigenvalue weighted by atomic mass is 10.6. The van der Waals surface area contributed by atoms with Crippen LogP contribution in [-0.4, -0.2) is 26.1 Å². The van der Waals surface area contributed by atoms with E-state index in [1.54, 1.807) is 0 Å². The number of rotatable bonds is 1. The molecular formula is C6H6N4S. The molecule has 0 unspecified atom stereocenters. The molecule has 0 aliphatic heterocycles. The molecule has 0 fully saturated rings. The van der Waals surface area contributed by atoms with Crippen molar-refractivity contribution in [2.24, 2.45) is 0 Å². The highest BCUT2D eigenvalue weighted by Gasteiger charge is 2.02. The fraction of sp³-hybridized carbons (Fsp3) is 0.167. The van der Waals surface area contributed by atoms with E-state index in [1.165, 1.54) is 12.7 Å². The van der Waals surface area contributed by atoms with E-state index >= 15 is 0 Å². The predicted octanol–water partition coefficient (Wildman–Crippen LogP) is 1.07. The van der Waals surface area contributed by atoms with E-state index in [-0.39, 0.29) is 0 Å². The first kappa shape index (κ1) is 4.06. The van der Waals surface area contributed by atoms with E-state index < -0.39 is 6.18 Å². The molecule has 0 radical (unpaired) electrons. The van der Waals surface area contributed by atoms with Crippen molar-refractivity contribution in [2.45, 2.75) is 5.03 Å². The summed E-state index contributed by atoms with van der Waals surface area (Å²) in [6, 6.07) is 0. The molecule has 0 spiro atoms. The summed E-state index contributed by atoms with van der Waals surface area (Å²) in [7, 11) is 0. The summed E-state index contributed by atoms with van der Waals surface area (Å²) in [5, 5.41) is 0.396. The van der Waals surface area contributed by atoms with Gasteiger partial charge in [-0.15, -0.1) is 11.8 Å². The van der Waals surface area contributed by atoms with Crippen LogP contribution in [0.1, 0.15) is 4.11 Å². The highest BCUT2D eigenvalue weighted by molar-refractivity contribution is 7.98. The van der Waals surface area contributed by atoms with Crippen LogP contribution < -0.4 is 0 Å². The Labute approximate surface area is 71.7 Å². The third-order valence-electron chi connectivity index (χ3n) is 1.28. The number of nitrogens with zero attached hydrogens (tertiary/aromatic N) is 3. The van der Waals surface area contributed by atoms with Gasteiger partial charge in [0.15, 0.2) is 5.65 Å². The van der Waals surface area contributed by atoms with Crippen molar-refractivity contribution < 1.29 is 4.11 Å². The Kier molecular flexibility index (Phi) is 0.923. The smallest absolute Gasteiger partial charge is 0.181 e. The highest BCUT2D eigenvalue weighted by atomic mass is 32.2. The molecule has 4 nitrogen and oxygen atoms in total. The van der Waals surface area contributed by atoms with Gasteiger partial charge < -0.3 is 4.98 Å². The summed E-state index contributed by atoms with van der Waals surface area (Å²) in [5.74, 6) is 0. The third kappa shape index (κ3) is 0.970. The maximum Gasteiger partial charge on any atom is 0.181 e. The molecule has 56 valence electrons. The number of hydrogen-bond donors (Lipinski definition) is 1. The van der Waals surface area contributed by atoms with E-state index in [9.17, 15) is 0 Å². The van der Waals surface area contributed by atoms with Crippen LogP contribution in [0, 0.1) is 0 Å². The van der Waals surface area contributed by atoms with E-state index in [0.717, 1.165) is 0 Å². The first-order valence-electron chi connectivity index (χ1n) is 4.39. The lowest BCUT2D eigenvalue weighted by Gasteiger charge is -1.93. The monoisotopic (exact) mass is 170 g/mol. The minimum atomic E-state index is -2.10. The number of nitrogens with one attached hydrogen (secondary N) is 1. The van der Waals surface area contributed by atoms with Crippen molar-refractivity contribution in [1.29, 1.82) is 0 Å². The zero-order valence-corrected chi connectivity index (χ0v) is 6.22. The Balaban J connectivity index is 2.46. The second-order valence-corrected chi connectivity index (χ2v) is 2.47. The van der Waals surface area contributed by atoms with Gasteiger partial charge in [0.25, 0.3) is 0 Å². The van der Waals surface area contributed by atoms with E-state index in [2.05, 4.69) is 19.9 Å². The van der Waals surface area contributed by atoms with E-state index in [0.29, 0.717) is 28.0 Å². The molecule has 2 rings (SSSR count). The first-order chi connectivity index (χ1) is 6.56. The van der Waals surface area contributed by atoms with Gasteiger partial charge in [0.1, 0.15) is 16.9 Å². The summed E-state index contributed by atoms with van der Waals surface area (Å²) in [6.45, 7) is 0. The van der Waals surface area contributed by atoms with E-state index in [4.69, 9.17) is 4.11 Å². The zero-order valence-electron chi connectivity index (χ0n) is 8.40. The number of hydrogen-bond acceptors (Lipinski definition) is 4. The number of aromatic amines is 1. The molecule has 2 heterocycles. The first-order valence-corrected chi connectivity index (χ1v) is 3.71. The fourth-order valence-corrected chi connectivity index (χ4v) is 1.17. The lowest BCUT2D eigenvalue weighted by molar-refractivity contribution is 1.09. The molecule has 5 heteroatoms. The average Bonchev–Trinajstić information content (AvgIpc) is 2.49. The topological polar surface area (TPSA) is 54.5 Å². The van der Waals surface area contributed by atoms with Crippen molar-refractivity contribution in [2.75, 3.05) is 6.18 Å². The van der Waals surface area contributed by atoms with Crippen LogP contribution >= 0.6 is 11.8 Å². The molecule has 2 aromatic heterocycles. The molecular weight excluding hydrogens is 161 g/mol. The Bertz CT molecular complexity index is 452. The SMILES string of the molecule is [2H][13C]([2H])([2H])Sc1ncnc2nc[nH]c12. The summed E-state index contributed by atoms with van der Waals surface area (Å²) in [5.41, 5.74) is 1.04. The number of aromatic nitrogens is 4. The Morgan fingerprint density at radius 1 is 1.55 bits per heavy atom. The van der Waals surface area contributed by atoms with Crippen LogP contribution in [0.25, 0.3) is 11.2 Å². The van der Waals surface area contributed by atoms with Gasteiger partial charge in [0.2, 0.25) is 0 Å². The second kappa shape index (κ2) is 2.50. The van der Waals surface area contributed by atoms with Crippen molar-refractivity contribution in [1.82, 2.24) is 19.9 Å². The largest absolute Gasteiger partial charge is 0.341 e. The van der Waals surface area contributed by atoms with Gasteiger partial charge in [0, 0.05) is 4.11 Å². The highest BCUT2D eigenvalue weighted by Crippen LogP contribution is 2.18. The number of thioether (sulfide) groups is 1. The molecule has 2 aromatic rings. The zero-order chi connectivity index (χ0) is 10.2. The predicted molar refractivity (Wildman–Crippen MR) is 43.5 cm³/mol. The van der Waals surface area contributed by atoms with Crippen LogP contribution in [0.4, 0.5) is 0 Å². The summed E-state index contributed by atoms with van der Waals surface area (Å²) in [6.07, 6.45) is 0.659.